The third-order valence-electron chi connectivity index (χ3n) is 4.70. The maximum atomic E-state index is 10.4. The molecule has 10 heteroatoms. The highest BCUT2D eigenvalue weighted by atomic mass is 16.7. The van der Waals surface area contributed by atoms with Crippen LogP contribution in [-0.2, 0) is 14.2 Å². The molecule has 25 heavy (non-hydrogen) atoms. The van der Waals surface area contributed by atoms with Crippen molar-refractivity contribution in [2.45, 2.75) is 75.1 Å². The minimum absolute atomic E-state index is 0.175. The van der Waals surface area contributed by atoms with Gasteiger partial charge in [0.25, 0.3) is 0 Å². The van der Waals surface area contributed by atoms with Crippen molar-refractivity contribution in [1.82, 2.24) is 0 Å². The van der Waals surface area contributed by atoms with Crippen LogP contribution in [0.15, 0.2) is 0 Å². The van der Waals surface area contributed by atoms with Gasteiger partial charge in [-0.3, -0.25) is 0 Å². The molecule has 148 valence electrons. The van der Waals surface area contributed by atoms with Crippen LogP contribution in [0.4, 0.5) is 0 Å². The summed E-state index contributed by atoms with van der Waals surface area (Å²) in [6.07, 6.45) is -13.1. The van der Waals surface area contributed by atoms with Crippen LogP contribution in [0, 0.1) is 5.92 Å². The maximum absolute atomic E-state index is 10.4. The number of aliphatic hydroxyl groups is 7. The van der Waals surface area contributed by atoms with Gasteiger partial charge in [0.05, 0.1) is 19.3 Å². The van der Waals surface area contributed by atoms with Gasteiger partial charge in [-0.1, -0.05) is 13.8 Å². The van der Waals surface area contributed by atoms with E-state index < -0.39 is 74.4 Å². The van der Waals surface area contributed by atoms with Gasteiger partial charge >= 0.3 is 0 Å². The van der Waals surface area contributed by atoms with Crippen molar-refractivity contribution in [3.8, 4) is 0 Å². The molecule has 2 heterocycles. The fourth-order valence-corrected chi connectivity index (χ4v) is 3.15. The van der Waals surface area contributed by atoms with E-state index in [1.54, 1.807) is 13.8 Å². The molecule has 10 atom stereocenters. The van der Waals surface area contributed by atoms with Crippen LogP contribution in [0.3, 0.4) is 0 Å². The zero-order chi connectivity index (χ0) is 18.9. The molecule has 2 aliphatic rings. The maximum Gasteiger partial charge on any atom is 0.187 e. The fraction of sp³-hybridized carbons (Fsp3) is 1.00. The molecule has 0 aliphatic carbocycles. The third-order valence-corrected chi connectivity index (χ3v) is 4.70. The topological polar surface area (TPSA) is 169 Å². The normalized spacial score (nSPS) is 48.7. The zero-order valence-corrected chi connectivity index (χ0v) is 14.1. The van der Waals surface area contributed by atoms with Crippen molar-refractivity contribution < 1.29 is 50.0 Å². The van der Waals surface area contributed by atoms with Crippen molar-refractivity contribution in [2.24, 2.45) is 5.92 Å². The first kappa shape index (κ1) is 20.9. The highest BCUT2D eigenvalue weighted by Crippen LogP contribution is 2.31. The summed E-state index contributed by atoms with van der Waals surface area (Å²) in [6.45, 7) is 2.46. The summed E-state index contributed by atoms with van der Waals surface area (Å²) in [7, 11) is 0. The van der Waals surface area contributed by atoms with E-state index in [2.05, 4.69) is 0 Å². The van der Waals surface area contributed by atoms with E-state index in [-0.39, 0.29) is 5.92 Å². The molecule has 0 saturated carbocycles. The molecular weight excluding hydrogens is 340 g/mol. The quantitative estimate of drug-likeness (QED) is 0.256. The fourth-order valence-electron chi connectivity index (χ4n) is 3.15. The molecule has 2 aliphatic heterocycles. The average molecular weight is 368 g/mol. The van der Waals surface area contributed by atoms with Crippen molar-refractivity contribution in [2.75, 3.05) is 13.2 Å². The Bertz CT molecular complexity index is 419. The van der Waals surface area contributed by atoms with Gasteiger partial charge in [0.2, 0.25) is 0 Å². The summed E-state index contributed by atoms with van der Waals surface area (Å²) in [5.74, 6) is -0.175. The summed E-state index contributed by atoms with van der Waals surface area (Å²) in [5.41, 5.74) is 0. The summed E-state index contributed by atoms with van der Waals surface area (Å²) < 4.78 is 16.4. The Morgan fingerprint density at radius 2 is 1.28 bits per heavy atom. The Morgan fingerprint density at radius 3 is 1.80 bits per heavy atom. The predicted octanol–water partition coefficient (Wildman–Crippen LogP) is -3.69. The van der Waals surface area contributed by atoms with E-state index in [1.165, 1.54) is 0 Å². The number of hydrogen-bond donors (Lipinski definition) is 7. The average Bonchev–Trinajstić information content (AvgIpc) is 2.59. The van der Waals surface area contributed by atoms with Gasteiger partial charge in [-0.2, -0.15) is 0 Å². The second kappa shape index (κ2) is 8.53. The van der Waals surface area contributed by atoms with Gasteiger partial charge in [-0.05, 0) is 5.92 Å². The van der Waals surface area contributed by atoms with Crippen LogP contribution in [0.5, 0.6) is 0 Å². The summed E-state index contributed by atoms with van der Waals surface area (Å²) in [6, 6.07) is 0. The summed E-state index contributed by atoms with van der Waals surface area (Å²) in [5, 5.41) is 68.6. The van der Waals surface area contributed by atoms with Crippen molar-refractivity contribution in [3.63, 3.8) is 0 Å². The number of aliphatic hydroxyl groups excluding tert-OH is 7. The van der Waals surface area contributed by atoms with E-state index in [4.69, 9.17) is 14.2 Å². The molecule has 4 unspecified atom stereocenters. The van der Waals surface area contributed by atoms with E-state index in [0.29, 0.717) is 0 Å². The second-order valence-electron chi connectivity index (χ2n) is 6.84. The molecular formula is C15H28O10. The first-order valence-electron chi connectivity index (χ1n) is 8.31. The Labute approximate surface area is 145 Å². The molecule has 0 aromatic rings. The Morgan fingerprint density at radius 1 is 0.760 bits per heavy atom. The first-order valence-corrected chi connectivity index (χ1v) is 8.31. The smallest absolute Gasteiger partial charge is 0.187 e. The Kier molecular flexibility index (Phi) is 7.13. The molecule has 0 bridgehead atoms. The van der Waals surface area contributed by atoms with Gasteiger partial charge < -0.3 is 50.0 Å². The first-order chi connectivity index (χ1) is 11.7. The zero-order valence-electron chi connectivity index (χ0n) is 14.1. The lowest BCUT2D eigenvalue weighted by Crippen LogP contribution is -2.65. The largest absolute Gasteiger partial charge is 0.394 e. The lowest BCUT2D eigenvalue weighted by atomic mass is 9.89. The molecule has 0 aromatic carbocycles. The van der Waals surface area contributed by atoms with Crippen LogP contribution in [0.1, 0.15) is 13.8 Å². The molecule has 0 aromatic heterocycles. The lowest BCUT2D eigenvalue weighted by Gasteiger charge is -2.47. The van der Waals surface area contributed by atoms with Crippen LogP contribution < -0.4 is 0 Å². The molecule has 2 rings (SSSR count). The van der Waals surface area contributed by atoms with Crippen molar-refractivity contribution in [3.05, 3.63) is 0 Å². The monoisotopic (exact) mass is 368 g/mol. The summed E-state index contributed by atoms with van der Waals surface area (Å²) >= 11 is 0. The van der Waals surface area contributed by atoms with E-state index >= 15 is 0 Å². The molecule has 0 radical (unpaired) electrons. The van der Waals surface area contributed by atoms with Gasteiger partial charge in [0, 0.05) is 0 Å². The van der Waals surface area contributed by atoms with Crippen LogP contribution in [-0.4, -0.2) is 110 Å². The Hall–Kier alpha value is -0.400. The second-order valence-corrected chi connectivity index (χ2v) is 6.84. The molecule has 2 fully saturated rings. The third kappa shape index (κ3) is 4.14. The van der Waals surface area contributed by atoms with Gasteiger partial charge in [0.1, 0.15) is 48.8 Å². The lowest BCUT2D eigenvalue weighted by molar-refractivity contribution is -0.344. The van der Waals surface area contributed by atoms with Crippen LogP contribution >= 0.6 is 0 Å². The van der Waals surface area contributed by atoms with Crippen LogP contribution in [0.25, 0.3) is 0 Å². The van der Waals surface area contributed by atoms with Crippen molar-refractivity contribution >= 4 is 0 Å². The van der Waals surface area contributed by atoms with Gasteiger partial charge in [-0.15, -0.1) is 0 Å². The minimum atomic E-state index is -1.63. The van der Waals surface area contributed by atoms with E-state index in [0.717, 1.165) is 0 Å². The standard InChI is InChI=1S/C15H28O10/c1-5(2)13-14(11(21)9(19)6(3-16)23-13)25-15-12(22)10(20)8(18)7(4-17)24-15/h5-22H,3-4H2,1-2H3/t6-,7+,8-,9?,10?,11-,12?,13?,14+,15-/m1/s1. The van der Waals surface area contributed by atoms with Gasteiger partial charge in [-0.25, -0.2) is 0 Å². The molecule has 0 amide bonds. The number of rotatable bonds is 5. The molecule has 2 saturated heterocycles. The van der Waals surface area contributed by atoms with Crippen LogP contribution in [0.2, 0.25) is 0 Å². The highest BCUT2D eigenvalue weighted by Gasteiger charge is 2.50. The SMILES string of the molecule is CC(C)C1O[C@H](CO)C(O)[C@@H](O)[C@@H]1O[C@H]1O[C@@H](CO)[C@@H](O)C(O)C1O. The van der Waals surface area contributed by atoms with Gasteiger partial charge in [0.15, 0.2) is 6.29 Å². The number of hydrogen-bond acceptors (Lipinski definition) is 10. The molecule has 0 spiro atoms. The van der Waals surface area contributed by atoms with Crippen molar-refractivity contribution in [1.29, 1.82) is 0 Å². The van der Waals surface area contributed by atoms with E-state index in [9.17, 15) is 35.7 Å². The van der Waals surface area contributed by atoms with E-state index in [1.807, 2.05) is 0 Å². The molecule has 10 nitrogen and oxygen atoms in total. The highest BCUT2D eigenvalue weighted by molar-refractivity contribution is 4.96. The minimum Gasteiger partial charge on any atom is -0.394 e. The molecule has 7 N–H and O–H groups in total. The number of ether oxygens (including phenoxy) is 3. The summed E-state index contributed by atoms with van der Waals surface area (Å²) in [4.78, 5) is 0. The Balaban J connectivity index is 2.17. The predicted molar refractivity (Wildman–Crippen MR) is 81.2 cm³/mol.